The molecule has 0 amide bonds. The largest absolute Gasteiger partial charge is 0.507 e. The summed E-state index contributed by atoms with van der Waals surface area (Å²) < 4.78 is 9.19. The van der Waals surface area contributed by atoms with Crippen LogP contribution in [0.5, 0.6) is 28.7 Å². The first-order valence-corrected chi connectivity index (χ1v) is 34.9. The van der Waals surface area contributed by atoms with E-state index in [4.69, 9.17) is 0 Å². The van der Waals surface area contributed by atoms with Crippen molar-refractivity contribution in [2.24, 2.45) is 0 Å². The van der Waals surface area contributed by atoms with Crippen LogP contribution >= 0.6 is 0 Å². The summed E-state index contributed by atoms with van der Waals surface area (Å²) in [5.74, 6) is 2.02. The molecular formula is C85H120N10O5. The Bertz CT molecular complexity index is 3470. The van der Waals surface area contributed by atoms with Crippen LogP contribution in [0.25, 0.3) is 28.4 Å². The standard InChI is InChI=1S/5C17H24N2O/c5*1-16(2,3)13-10-12(19-9-7-8-18-19)11-14(15(13)20)17(4,5)6/h5*7-11,20H,1-6H3. The van der Waals surface area contributed by atoms with E-state index in [-0.39, 0.29) is 54.1 Å². The van der Waals surface area contributed by atoms with Gasteiger partial charge in [0, 0.05) is 118 Å². The number of aromatic hydroxyl groups is 5. The molecule has 5 aromatic heterocycles. The van der Waals surface area contributed by atoms with Crippen LogP contribution in [0.4, 0.5) is 0 Å². The summed E-state index contributed by atoms with van der Waals surface area (Å²) >= 11 is 0. The summed E-state index contributed by atoms with van der Waals surface area (Å²) in [6.07, 6.45) is 18.4. The summed E-state index contributed by atoms with van der Waals surface area (Å²) in [7, 11) is 0. The molecule has 5 aromatic carbocycles. The van der Waals surface area contributed by atoms with Gasteiger partial charge >= 0.3 is 0 Å². The Balaban J connectivity index is 0.000000197. The Kier molecular flexibility index (Phi) is 23.5. The van der Waals surface area contributed by atoms with Gasteiger partial charge in [0.15, 0.2) is 0 Å². The maximum atomic E-state index is 10.7. The van der Waals surface area contributed by atoms with Crippen molar-refractivity contribution in [1.29, 1.82) is 0 Å². The number of nitrogens with zero attached hydrogens (tertiary/aromatic N) is 10. The Labute approximate surface area is 599 Å². The van der Waals surface area contributed by atoms with Gasteiger partial charge in [0.05, 0.1) is 28.4 Å². The first kappa shape index (κ1) is 80.1. The smallest absolute Gasteiger partial charge is 0.123 e. The maximum Gasteiger partial charge on any atom is 0.123 e. The lowest BCUT2D eigenvalue weighted by Gasteiger charge is -2.28. The van der Waals surface area contributed by atoms with Crippen molar-refractivity contribution in [2.75, 3.05) is 0 Å². The first-order valence-electron chi connectivity index (χ1n) is 34.9. The van der Waals surface area contributed by atoms with Crippen molar-refractivity contribution < 1.29 is 25.5 Å². The molecular weight excluding hydrogens is 1240 g/mol. The van der Waals surface area contributed by atoms with Gasteiger partial charge < -0.3 is 25.5 Å². The fourth-order valence-electron chi connectivity index (χ4n) is 11.6. The molecule has 0 saturated heterocycles. The predicted octanol–water partition coefficient (Wildman–Crippen LogP) is 20.9. The SMILES string of the molecule is CC(C)(C)c1cc(-n2cccn2)cc(C(C)(C)C)c1O.CC(C)(C)c1cc(-n2cccn2)cc(C(C)(C)C)c1O.CC(C)(C)c1cc(-n2cccn2)cc(C(C)(C)C)c1O.CC(C)(C)c1cc(-n2cccn2)cc(C(C)(C)C)c1O.CC(C)(C)c1cc(-n2cccn2)cc(C(C)(C)C)c1O. The van der Waals surface area contributed by atoms with Gasteiger partial charge in [-0.2, -0.15) is 25.5 Å². The fraction of sp³-hybridized carbons (Fsp3) is 0.471. The lowest BCUT2D eigenvalue weighted by atomic mass is 9.79. The molecule has 0 aliphatic rings. The topological polar surface area (TPSA) is 190 Å². The highest BCUT2D eigenvalue weighted by atomic mass is 16.3. The van der Waals surface area contributed by atoms with Crippen LogP contribution in [0.2, 0.25) is 0 Å². The molecule has 0 unspecified atom stereocenters. The van der Waals surface area contributed by atoms with E-state index in [1.807, 2.05) is 145 Å². The van der Waals surface area contributed by atoms with Crippen LogP contribution in [0, 0.1) is 0 Å². The van der Waals surface area contributed by atoms with Gasteiger partial charge in [0.1, 0.15) is 28.7 Å². The molecule has 540 valence electrons. The molecule has 0 fully saturated rings. The number of benzene rings is 5. The van der Waals surface area contributed by atoms with Crippen LogP contribution < -0.4 is 0 Å². The number of phenols is 5. The highest BCUT2D eigenvalue weighted by Crippen LogP contribution is 2.46. The van der Waals surface area contributed by atoms with E-state index in [1.54, 1.807) is 31.0 Å². The zero-order chi connectivity index (χ0) is 75.6. The van der Waals surface area contributed by atoms with E-state index in [0.717, 1.165) is 84.1 Å². The third kappa shape index (κ3) is 20.0. The minimum Gasteiger partial charge on any atom is -0.507 e. The average Bonchev–Trinajstić information content (AvgIpc) is 1.07. The van der Waals surface area contributed by atoms with E-state index < -0.39 is 0 Å². The lowest BCUT2D eigenvalue weighted by molar-refractivity contribution is 0.422. The van der Waals surface area contributed by atoms with Gasteiger partial charge in [-0.25, -0.2) is 23.4 Å². The van der Waals surface area contributed by atoms with Crippen molar-refractivity contribution in [3.63, 3.8) is 0 Å². The minimum atomic E-state index is -0.118. The van der Waals surface area contributed by atoms with Crippen molar-refractivity contribution in [3.05, 3.63) is 209 Å². The second-order valence-electron chi connectivity index (χ2n) is 36.7. The van der Waals surface area contributed by atoms with Crippen LogP contribution in [0.15, 0.2) is 153 Å². The second kappa shape index (κ2) is 29.4. The van der Waals surface area contributed by atoms with Gasteiger partial charge in [-0.15, -0.1) is 0 Å². The molecule has 5 N–H and O–H groups in total. The van der Waals surface area contributed by atoms with Crippen molar-refractivity contribution >= 4 is 0 Å². The molecule has 10 aromatic rings. The highest BCUT2D eigenvalue weighted by Gasteiger charge is 2.32. The molecule has 100 heavy (non-hydrogen) atoms. The van der Waals surface area contributed by atoms with Crippen LogP contribution in [0.3, 0.4) is 0 Å². The van der Waals surface area contributed by atoms with Crippen LogP contribution in [0.1, 0.15) is 263 Å². The molecule has 15 nitrogen and oxygen atoms in total. The third-order valence-electron chi connectivity index (χ3n) is 17.4. The molecule has 0 bridgehead atoms. The molecule has 0 aliphatic carbocycles. The number of hydrogen-bond donors (Lipinski definition) is 5. The molecule has 0 saturated carbocycles. The van der Waals surface area contributed by atoms with Gasteiger partial charge in [-0.3, -0.25) is 0 Å². The molecule has 10 rings (SSSR count). The van der Waals surface area contributed by atoms with Gasteiger partial charge in [0.2, 0.25) is 0 Å². The number of hydrogen-bond acceptors (Lipinski definition) is 10. The molecule has 5 heterocycles. The maximum absolute atomic E-state index is 10.7. The molecule has 0 aliphatic heterocycles. The summed E-state index contributed by atoms with van der Waals surface area (Å²) in [4.78, 5) is 0. The number of rotatable bonds is 5. The number of phenolic OH excluding ortho intramolecular Hbond substituents is 5. The Hall–Kier alpha value is -8.85. The van der Waals surface area contributed by atoms with Crippen LogP contribution in [-0.2, 0) is 54.1 Å². The number of aromatic nitrogens is 10. The van der Waals surface area contributed by atoms with E-state index in [9.17, 15) is 25.5 Å². The van der Waals surface area contributed by atoms with Crippen LogP contribution in [-0.4, -0.2) is 74.4 Å². The summed E-state index contributed by atoms with van der Waals surface area (Å²) in [5, 5.41) is 74.7. The fourth-order valence-corrected chi connectivity index (χ4v) is 11.6. The lowest BCUT2D eigenvalue weighted by Crippen LogP contribution is -2.18. The van der Waals surface area contributed by atoms with Crippen molar-refractivity contribution in [3.8, 4) is 57.2 Å². The van der Waals surface area contributed by atoms with E-state index in [0.29, 0.717) is 28.7 Å². The quantitative estimate of drug-likeness (QED) is 0.111. The zero-order valence-electron chi connectivity index (χ0n) is 66.1. The van der Waals surface area contributed by atoms with Gasteiger partial charge in [-0.1, -0.05) is 208 Å². The Morgan fingerprint density at radius 3 is 0.360 bits per heavy atom. The van der Waals surface area contributed by atoms with E-state index in [2.05, 4.69) is 233 Å². The molecule has 0 radical (unpaired) electrons. The summed E-state index contributed by atoms with van der Waals surface area (Å²) in [6, 6.07) is 29.8. The minimum absolute atomic E-state index is 0.118. The van der Waals surface area contributed by atoms with E-state index >= 15 is 0 Å². The van der Waals surface area contributed by atoms with Gasteiger partial charge in [-0.05, 0) is 145 Å². The normalized spacial score (nSPS) is 12.7. The Morgan fingerprint density at radius 2 is 0.290 bits per heavy atom. The highest BCUT2D eigenvalue weighted by molar-refractivity contribution is 5.59. The van der Waals surface area contributed by atoms with Crippen molar-refractivity contribution in [1.82, 2.24) is 48.9 Å². The predicted molar refractivity (Wildman–Crippen MR) is 413 cm³/mol. The Morgan fingerprint density at radius 1 is 0.190 bits per heavy atom. The molecule has 0 spiro atoms. The molecule has 0 atom stereocenters. The average molecular weight is 1360 g/mol. The van der Waals surface area contributed by atoms with Crippen molar-refractivity contribution in [2.45, 2.75) is 262 Å². The first-order chi connectivity index (χ1) is 45.5. The van der Waals surface area contributed by atoms with E-state index in [1.165, 1.54) is 0 Å². The third-order valence-corrected chi connectivity index (χ3v) is 17.4. The van der Waals surface area contributed by atoms with Gasteiger partial charge in [0.25, 0.3) is 0 Å². The molecule has 15 heteroatoms. The second-order valence-corrected chi connectivity index (χ2v) is 36.7. The summed E-state index contributed by atoms with van der Waals surface area (Å²) in [5.41, 5.74) is 13.3. The summed E-state index contributed by atoms with van der Waals surface area (Å²) in [6.45, 7) is 63.4. The monoisotopic (exact) mass is 1360 g/mol. The zero-order valence-corrected chi connectivity index (χ0v) is 66.1.